The molecule has 3 aliphatic rings. The van der Waals surface area contributed by atoms with Crippen molar-refractivity contribution in [3.05, 3.63) is 0 Å². The fourth-order valence-electron chi connectivity index (χ4n) is 3.46. The van der Waals surface area contributed by atoms with Crippen LogP contribution in [-0.2, 0) is 0 Å². The molecule has 1 heterocycles. The van der Waals surface area contributed by atoms with Gasteiger partial charge in [-0.1, -0.05) is 0 Å². The molecule has 1 unspecified atom stereocenters. The van der Waals surface area contributed by atoms with Gasteiger partial charge in [0.25, 0.3) is 0 Å². The van der Waals surface area contributed by atoms with Crippen LogP contribution < -0.4 is 5.32 Å². The van der Waals surface area contributed by atoms with Crippen molar-refractivity contribution in [3.8, 4) is 0 Å². The van der Waals surface area contributed by atoms with Crippen LogP contribution in [0.4, 0.5) is 0 Å². The fourth-order valence-corrected chi connectivity index (χ4v) is 3.46. The predicted molar refractivity (Wildman–Crippen MR) is 75.8 cm³/mol. The standard InChI is InChI=1S/C15H29N3/c1-17(2)14-7-9-18(11-14)10-8-16-15(12-3-4-12)13-5-6-13/h12-16H,3-11H2,1-2H3. The molecule has 0 aromatic carbocycles. The first-order valence-corrected chi connectivity index (χ1v) is 7.86. The fraction of sp³-hybridized carbons (Fsp3) is 1.00. The van der Waals surface area contributed by atoms with Crippen molar-refractivity contribution in [3.63, 3.8) is 0 Å². The highest BCUT2D eigenvalue weighted by molar-refractivity contribution is 4.96. The van der Waals surface area contributed by atoms with Crippen LogP contribution in [0.25, 0.3) is 0 Å². The van der Waals surface area contributed by atoms with E-state index in [-0.39, 0.29) is 0 Å². The highest BCUT2D eigenvalue weighted by atomic mass is 15.2. The Morgan fingerprint density at radius 3 is 2.28 bits per heavy atom. The zero-order chi connectivity index (χ0) is 12.5. The van der Waals surface area contributed by atoms with E-state index in [2.05, 4.69) is 29.2 Å². The van der Waals surface area contributed by atoms with Gasteiger partial charge in [-0.05, 0) is 64.6 Å². The van der Waals surface area contributed by atoms with Crippen molar-refractivity contribution >= 4 is 0 Å². The van der Waals surface area contributed by atoms with E-state index in [0.29, 0.717) is 0 Å². The number of nitrogens with one attached hydrogen (secondary N) is 1. The van der Waals surface area contributed by atoms with Crippen LogP contribution in [0.1, 0.15) is 32.1 Å². The van der Waals surface area contributed by atoms with E-state index in [1.165, 1.54) is 58.3 Å². The summed E-state index contributed by atoms with van der Waals surface area (Å²) in [6.45, 7) is 5.02. The van der Waals surface area contributed by atoms with Gasteiger partial charge in [0.05, 0.1) is 0 Å². The van der Waals surface area contributed by atoms with Crippen LogP contribution in [0.2, 0.25) is 0 Å². The first-order chi connectivity index (χ1) is 8.74. The highest BCUT2D eigenvalue weighted by Gasteiger charge is 2.40. The molecule has 0 spiro atoms. The Kier molecular flexibility index (Phi) is 3.92. The number of likely N-dealkylation sites (tertiary alicyclic amines) is 1. The molecular formula is C15H29N3. The third-order valence-electron chi connectivity index (χ3n) is 5.05. The van der Waals surface area contributed by atoms with E-state index in [1.807, 2.05) is 0 Å². The maximum absolute atomic E-state index is 3.86. The van der Waals surface area contributed by atoms with Crippen molar-refractivity contribution < 1.29 is 0 Å². The molecule has 1 N–H and O–H groups in total. The molecule has 0 aromatic rings. The minimum absolute atomic E-state index is 0.785. The van der Waals surface area contributed by atoms with Crippen molar-refractivity contribution in [1.82, 2.24) is 15.1 Å². The summed E-state index contributed by atoms with van der Waals surface area (Å²) in [5, 5.41) is 3.86. The van der Waals surface area contributed by atoms with Gasteiger partial charge >= 0.3 is 0 Å². The Labute approximate surface area is 112 Å². The molecule has 0 amide bonds. The lowest BCUT2D eigenvalue weighted by Crippen LogP contribution is -2.39. The van der Waals surface area contributed by atoms with Gasteiger partial charge in [0.1, 0.15) is 0 Å². The first kappa shape index (κ1) is 12.9. The Morgan fingerprint density at radius 1 is 1.11 bits per heavy atom. The number of hydrogen-bond acceptors (Lipinski definition) is 3. The summed E-state index contributed by atoms with van der Waals surface area (Å²) in [6, 6.07) is 1.66. The SMILES string of the molecule is CN(C)C1CCN(CCNC(C2CC2)C2CC2)C1. The molecular weight excluding hydrogens is 222 g/mol. The molecule has 3 heteroatoms. The molecule has 1 atom stereocenters. The van der Waals surface area contributed by atoms with Crippen LogP contribution in [0.3, 0.4) is 0 Å². The monoisotopic (exact) mass is 251 g/mol. The summed E-state index contributed by atoms with van der Waals surface area (Å²) in [5.74, 6) is 2.07. The summed E-state index contributed by atoms with van der Waals surface area (Å²) in [5.41, 5.74) is 0. The summed E-state index contributed by atoms with van der Waals surface area (Å²) in [6.07, 6.45) is 7.30. The zero-order valence-corrected chi connectivity index (χ0v) is 12.1. The van der Waals surface area contributed by atoms with Crippen LogP contribution in [0.5, 0.6) is 0 Å². The van der Waals surface area contributed by atoms with Gasteiger partial charge < -0.3 is 15.1 Å². The van der Waals surface area contributed by atoms with Crippen molar-refractivity contribution in [2.45, 2.75) is 44.2 Å². The summed E-state index contributed by atoms with van der Waals surface area (Å²) >= 11 is 0. The van der Waals surface area contributed by atoms with Crippen LogP contribution in [-0.4, -0.2) is 62.2 Å². The van der Waals surface area contributed by atoms with Crippen LogP contribution in [0, 0.1) is 11.8 Å². The van der Waals surface area contributed by atoms with E-state index < -0.39 is 0 Å². The lowest BCUT2D eigenvalue weighted by Gasteiger charge is -2.22. The molecule has 2 aliphatic carbocycles. The third kappa shape index (κ3) is 3.25. The normalized spacial score (nSPS) is 29.7. The smallest absolute Gasteiger partial charge is 0.0229 e. The second-order valence-corrected chi connectivity index (χ2v) is 6.86. The Balaban J connectivity index is 1.34. The second kappa shape index (κ2) is 5.48. The van der Waals surface area contributed by atoms with E-state index in [9.17, 15) is 0 Å². The average molecular weight is 251 g/mol. The molecule has 0 radical (unpaired) electrons. The van der Waals surface area contributed by atoms with Gasteiger partial charge in [-0.3, -0.25) is 0 Å². The molecule has 2 saturated carbocycles. The second-order valence-electron chi connectivity index (χ2n) is 6.86. The van der Waals surface area contributed by atoms with Crippen molar-refractivity contribution in [2.24, 2.45) is 11.8 Å². The minimum Gasteiger partial charge on any atom is -0.312 e. The largest absolute Gasteiger partial charge is 0.312 e. The summed E-state index contributed by atoms with van der Waals surface area (Å²) < 4.78 is 0. The van der Waals surface area contributed by atoms with Crippen LogP contribution >= 0.6 is 0 Å². The predicted octanol–water partition coefficient (Wildman–Crippen LogP) is 1.40. The van der Waals surface area contributed by atoms with Gasteiger partial charge in [-0.25, -0.2) is 0 Å². The number of hydrogen-bond donors (Lipinski definition) is 1. The third-order valence-corrected chi connectivity index (χ3v) is 5.05. The topological polar surface area (TPSA) is 18.5 Å². The molecule has 1 saturated heterocycles. The maximum atomic E-state index is 3.86. The summed E-state index contributed by atoms with van der Waals surface area (Å²) in [4.78, 5) is 5.01. The molecule has 0 aromatic heterocycles. The van der Waals surface area contributed by atoms with Crippen molar-refractivity contribution in [2.75, 3.05) is 40.3 Å². The number of likely N-dealkylation sites (N-methyl/N-ethyl adjacent to an activating group) is 1. The Hall–Kier alpha value is -0.120. The molecule has 1 aliphatic heterocycles. The van der Waals surface area contributed by atoms with Crippen molar-refractivity contribution in [1.29, 1.82) is 0 Å². The zero-order valence-electron chi connectivity index (χ0n) is 12.1. The molecule has 18 heavy (non-hydrogen) atoms. The summed E-state index contributed by atoms with van der Waals surface area (Å²) in [7, 11) is 4.42. The Morgan fingerprint density at radius 2 is 1.78 bits per heavy atom. The minimum atomic E-state index is 0.785. The van der Waals surface area contributed by atoms with Gasteiger partial charge in [0.15, 0.2) is 0 Å². The van der Waals surface area contributed by atoms with E-state index in [1.54, 1.807) is 0 Å². The average Bonchev–Trinajstić information content (AvgIpc) is 3.25. The number of rotatable bonds is 7. The molecule has 0 bridgehead atoms. The van der Waals surface area contributed by atoms with E-state index in [0.717, 1.165) is 23.9 Å². The molecule has 104 valence electrons. The quantitative estimate of drug-likeness (QED) is 0.738. The van der Waals surface area contributed by atoms with Gasteiger partial charge in [-0.2, -0.15) is 0 Å². The molecule has 3 nitrogen and oxygen atoms in total. The lowest BCUT2D eigenvalue weighted by molar-refractivity contribution is 0.263. The van der Waals surface area contributed by atoms with E-state index in [4.69, 9.17) is 0 Å². The lowest BCUT2D eigenvalue weighted by atomic mass is 10.1. The van der Waals surface area contributed by atoms with Crippen LogP contribution in [0.15, 0.2) is 0 Å². The van der Waals surface area contributed by atoms with Gasteiger partial charge in [0.2, 0.25) is 0 Å². The molecule has 3 fully saturated rings. The Bertz CT molecular complexity index is 259. The van der Waals surface area contributed by atoms with Gasteiger partial charge in [-0.15, -0.1) is 0 Å². The number of nitrogens with zero attached hydrogens (tertiary/aromatic N) is 2. The maximum Gasteiger partial charge on any atom is 0.0229 e. The van der Waals surface area contributed by atoms with Gasteiger partial charge in [0, 0.05) is 31.7 Å². The first-order valence-electron chi connectivity index (χ1n) is 7.86. The van der Waals surface area contributed by atoms with E-state index >= 15 is 0 Å². The molecule has 3 rings (SSSR count). The highest BCUT2D eigenvalue weighted by Crippen LogP contribution is 2.44.